The molecule has 0 saturated heterocycles. The van der Waals surface area contributed by atoms with Crippen LogP contribution in [0.1, 0.15) is 42.1 Å². The number of phenols is 1. The van der Waals surface area contributed by atoms with Crippen LogP contribution in [-0.4, -0.2) is 31.9 Å². The molecule has 1 amide bonds. The van der Waals surface area contributed by atoms with Gasteiger partial charge in [-0.25, -0.2) is 8.78 Å². The van der Waals surface area contributed by atoms with E-state index in [1.165, 1.54) is 0 Å². The SMILES string of the molecule is Cn1cc(-c2ccc3cn([C@H]4CC[C@H](CNC(=O)c5cc(F)c(O)c(F)c5)CC4)nc3c2)ccc1=O. The summed E-state index contributed by atoms with van der Waals surface area (Å²) in [4.78, 5) is 24.0. The number of rotatable bonds is 5. The third-order valence-electron chi connectivity index (χ3n) is 6.96. The van der Waals surface area contributed by atoms with Crippen LogP contribution in [0.2, 0.25) is 0 Å². The number of hydrogen-bond donors (Lipinski definition) is 2. The molecule has 1 aliphatic rings. The zero-order chi connectivity index (χ0) is 25.4. The lowest BCUT2D eigenvalue weighted by Crippen LogP contribution is -2.31. The zero-order valence-corrected chi connectivity index (χ0v) is 19.7. The Morgan fingerprint density at radius 1 is 1.03 bits per heavy atom. The van der Waals surface area contributed by atoms with Crippen LogP contribution >= 0.6 is 0 Å². The molecule has 2 aromatic heterocycles. The number of aryl methyl sites for hydroxylation is 1. The Morgan fingerprint density at radius 3 is 2.42 bits per heavy atom. The first-order valence-electron chi connectivity index (χ1n) is 11.9. The summed E-state index contributed by atoms with van der Waals surface area (Å²) in [7, 11) is 1.73. The number of benzene rings is 2. The van der Waals surface area contributed by atoms with Crippen LogP contribution in [0.3, 0.4) is 0 Å². The lowest BCUT2D eigenvalue weighted by molar-refractivity contribution is 0.0940. The summed E-state index contributed by atoms with van der Waals surface area (Å²) in [6.45, 7) is 0.416. The first kappa shape index (κ1) is 23.7. The molecule has 0 radical (unpaired) electrons. The Hall–Kier alpha value is -4.01. The van der Waals surface area contributed by atoms with Crippen molar-refractivity contribution in [3.63, 3.8) is 0 Å². The molecular weight excluding hydrogens is 466 g/mol. The molecule has 7 nitrogen and oxygen atoms in total. The van der Waals surface area contributed by atoms with Gasteiger partial charge in [0, 0.05) is 43.0 Å². The number of nitrogens with one attached hydrogen (secondary N) is 1. The number of carbonyl (C=O) groups excluding carboxylic acids is 1. The van der Waals surface area contributed by atoms with E-state index >= 15 is 0 Å². The van der Waals surface area contributed by atoms with Crippen molar-refractivity contribution in [3.8, 4) is 16.9 Å². The molecule has 36 heavy (non-hydrogen) atoms. The molecule has 5 rings (SSSR count). The molecule has 1 fully saturated rings. The minimum Gasteiger partial charge on any atom is -0.503 e. The zero-order valence-electron chi connectivity index (χ0n) is 19.7. The summed E-state index contributed by atoms with van der Waals surface area (Å²) in [6.07, 6.45) is 7.47. The molecule has 2 heterocycles. The van der Waals surface area contributed by atoms with E-state index in [9.17, 15) is 23.5 Å². The highest BCUT2D eigenvalue weighted by atomic mass is 19.1. The van der Waals surface area contributed by atoms with E-state index in [-0.39, 0.29) is 23.1 Å². The average Bonchev–Trinajstić information content (AvgIpc) is 3.31. The van der Waals surface area contributed by atoms with Gasteiger partial charge in [-0.1, -0.05) is 12.1 Å². The summed E-state index contributed by atoms with van der Waals surface area (Å²) < 4.78 is 30.6. The molecule has 0 bridgehead atoms. The second-order valence-electron chi connectivity index (χ2n) is 9.42. The quantitative estimate of drug-likeness (QED) is 0.428. The van der Waals surface area contributed by atoms with Gasteiger partial charge in [-0.2, -0.15) is 5.10 Å². The molecule has 0 spiro atoms. The van der Waals surface area contributed by atoms with Crippen LogP contribution in [0.15, 0.2) is 59.7 Å². The van der Waals surface area contributed by atoms with Crippen LogP contribution in [0.5, 0.6) is 5.75 Å². The number of phenolic OH excluding ortho intramolecular Hbond substituents is 1. The number of pyridine rings is 1. The first-order valence-corrected chi connectivity index (χ1v) is 11.9. The first-order chi connectivity index (χ1) is 17.3. The van der Waals surface area contributed by atoms with Gasteiger partial charge in [0.15, 0.2) is 17.4 Å². The number of aromatic nitrogens is 3. The fourth-order valence-corrected chi connectivity index (χ4v) is 4.82. The van der Waals surface area contributed by atoms with Gasteiger partial charge in [-0.05, 0) is 67.0 Å². The minimum atomic E-state index is -1.16. The van der Waals surface area contributed by atoms with E-state index in [0.717, 1.165) is 59.8 Å². The van der Waals surface area contributed by atoms with E-state index in [0.29, 0.717) is 6.54 Å². The molecule has 186 valence electrons. The largest absolute Gasteiger partial charge is 0.503 e. The maximum Gasteiger partial charge on any atom is 0.251 e. The smallest absolute Gasteiger partial charge is 0.251 e. The van der Waals surface area contributed by atoms with Crippen molar-refractivity contribution in [3.05, 3.63) is 82.4 Å². The standard InChI is InChI=1S/C27H26F2N4O3/c1-32-14-18(6-9-25(32)34)17-4-5-19-15-33(31-24(19)12-17)21-7-2-16(3-8-21)13-30-27(36)20-10-22(28)26(35)23(29)11-20/h4-6,9-12,14-16,21,35H,2-3,7-8,13H2,1H3,(H,30,36)/t16-,21-. The molecule has 9 heteroatoms. The van der Waals surface area contributed by atoms with E-state index in [4.69, 9.17) is 5.10 Å². The molecular formula is C27H26F2N4O3. The van der Waals surface area contributed by atoms with Gasteiger partial charge >= 0.3 is 0 Å². The predicted molar refractivity (Wildman–Crippen MR) is 132 cm³/mol. The molecule has 1 saturated carbocycles. The lowest BCUT2D eigenvalue weighted by Gasteiger charge is -2.28. The molecule has 2 N–H and O–H groups in total. The van der Waals surface area contributed by atoms with Gasteiger partial charge in [0.25, 0.3) is 5.91 Å². The number of carbonyl (C=O) groups is 1. The topological polar surface area (TPSA) is 89.2 Å². The minimum absolute atomic E-state index is 0.0533. The molecule has 0 unspecified atom stereocenters. The normalized spacial score (nSPS) is 17.9. The highest BCUT2D eigenvalue weighted by Gasteiger charge is 2.24. The van der Waals surface area contributed by atoms with Gasteiger partial charge < -0.3 is 15.0 Å². The van der Waals surface area contributed by atoms with Crippen molar-refractivity contribution in [1.82, 2.24) is 19.7 Å². The second kappa shape index (κ2) is 9.56. The molecule has 2 aromatic carbocycles. The van der Waals surface area contributed by atoms with Crippen LogP contribution in [-0.2, 0) is 7.05 Å². The van der Waals surface area contributed by atoms with Crippen LogP contribution < -0.4 is 10.9 Å². The number of nitrogens with zero attached hydrogens (tertiary/aromatic N) is 3. The number of halogens is 2. The van der Waals surface area contributed by atoms with Gasteiger partial charge in [0.1, 0.15) is 0 Å². The molecule has 1 aliphatic carbocycles. The maximum absolute atomic E-state index is 13.5. The van der Waals surface area contributed by atoms with Crippen molar-refractivity contribution in [2.75, 3.05) is 6.54 Å². The number of fused-ring (bicyclic) bond motifs is 1. The Bertz CT molecular complexity index is 1480. The lowest BCUT2D eigenvalue weighted by atomic mass is 9.86. The Morgan fingerprint density at radius 2 is 1.72 bits per heavy atom. The van der Waals surface area contributed by atoms with Crippen LogP contribution in [0.4, 0.5) is 8.78 Å². The Kier molecular flexibility index (Phi) is 6.30. The summed E-state index contributed by atoms with van der Waals surface area (Å²) in [5.41, 5.74) is 2.63. The van der Waals surface area contributed by atoms with E-state index < -0.39 is 23.3 Å². The molecule has 4 aromatic rings. The number of amides is 1. The predicted octanol–water partition coefficient (Wildman–Crippen LogP) is 4.55. The summed E-state index contributed by atoms with van der Waals surface area (Å²) in [5, 5.41) is 17.8. The molecule has 0 atom stereocenters. The van der Waals surface area contributed by atoms with Crippen molar-refractivity contribution >= 4 is 16.8 Å². The van der Waals surface area contributed by atoms with Gasteiger partial charge in [-0.3, -0.25) is 14.3 Å². The van der Waals surface area contributed by atoms with E-state index in [1.54, 1.807) is 17.7 Å². The highest BCUT2D eigenvalue weighted by Crippen LogP contribution is 2.33. The van der Waals surface area contributed by atoms with Gasteiger partial charge in [-0.15, -0.1) is 0 Å². The van der Waals surface area contributed by atoms with Crippen molar-refractivity contribution < 1.29 is 18.7 Å². The van der Waals surface area contributed by atoms with Crippen LogP contribution in [0.25, 0.3) is 22.0 Å². The van der Waals surface area contributed by atoms with Gasteiger partial charge in [0.2, 0.25) is 5.56 Å². The number of aromatic hydroxyl groups is 1. The Balaban J connectivity index is 1.20. The Labute approximate surface area is 206 Å². The summed E-state index contributed by atoms with van der Waals surface area (Å²) in [5.74, 6) is -3.71. The van der Waals surface area contributed by atoms with E-state index in [1.807, 2.05) is 35.1 Å². The third kappa shape index (κ3) is 4.73. The van der Waals surface area contributed by atoms with Crippen molar-refractivity contribution in [2.24, 2.45) is 13.0 Å². The maximum atomic E-state index is 13.5. The average molecular weight is 493 g/mol. The second-order valence-corrected chi connectivity index (χ2v) is 9.42. The fraction of sp³-hybridized carbons (Fsp3) is 0.296. The fourth-order valence-electron chi connectivity index (χ4n) is 4.82. The monoisotopic (exact) mass is 492 g/mol. The summed E-state index contributed by atoms with van der Waals surface area (Å²) >= 11 is 0. The van der Waals surface area contributed by atoms with Gasteiger partial charge in [0.05, 0.1) is 11.6 Å². The van der Waals surface area contributed by atoms with Crippen molar-refractivity contribution in [2.45, 2.75) is 31.7 Å². The third-order valence-corrected chi connectivity index (χ3v) is 6.96. The summed E-state index contributed by atoms with van der Waals surface area (Å²) in [6, 6.07) is 11.4. The van der Waals surface area contributed by atoms with E-state index in [2.05, 4.69) is 11.5 Å². The van der Waals surface area contributed by atoms with Crippen molar-refractivity contribution in [1.29, 1.82) is 0 Å². The highest BCUT2D eigenvalue weighted by molar-refractivity contribution is 5.94. The number of hydrogen-bond acceptors (Lipinski definition) is 4. The van der Waals surface area contributed by atoms with Crippen LogP contribution in [0, 0.1) is 17.6 Å². The molecule has 0 aliphatic heterocycles.